The van der Waals surface area contributed by atoms with Crippen molar-refractivity contribution in [3.05, 3.63) is 30.0 Å². The lowest BCUT2D eigenvalue weighted by atomic mass is 9.98. The molecule has 0 bridgehead atoms. The Balaban J connectivity index is 1.51. The summed E-state index contributed by atoms with van der Waals surface area (Å²) in [6.45, 7) is 3.20. The third-order valence-electron chi connectivity index (χ3n) is 6.51. The smallest absolute Gasteiger partial charge is 0.270 e. The average molecular weight is 454 g/mol. The van der Waals surface area contributed by atoms with Crippen LogP contribution in [0.15, 0.2) is 29.3 Å². The molecule has 2 saturated heterocycles. The van der Waals surface area contributed by atoms with Crippen molar-refractivity contribution < 1.29 is 19.1 Å². The average Bonchev–Trinajstić information content (AvgIpc) is 3.51. The van der Waals surface area contributed by atoms with Crippen LogP contribution in [0.3, 0.4) is 0 Å². The van der Waals surface area contributed by atoms with Gasteiger partial charge in [-0.3, -0.25) is 19.4 Å². The van der Waals surface area contributed by atoms with Crippen LogP contribution >= 0.6 is 0 Å². The molecule has 4 atom stereocenters. The maximum atomic E-state index is 13.4. The molecular formula is C24H31N5O4. The molecule has 176 valence electrons. The van der Waals surface area contributed by atoms with Gasteiger partial charge in [-0.25, -0.2) is 0 Å². The van der Waals surface area contributed by atoms with Gasteiger partial charge in [-0.1, -0.05) is 13.0 Å². The van der Waals surface area contributed by atoms with E-state index in [2.05, 4.69) is 20.6 Å². The molecule has 9 nitrogen and oxygen atoms in total. The molecule has 4 unspecified atom stereocenters. The van der Waals surface area contributed by atoms with Crippen LogP contribution in [-0.2, 0) is 9.59 Å². The molecular weight excluding hydrogens is 422 g/mol. The summed E-state index contributed by atoms with van der Waals surface area (Å²) in [6.07, 6.45) is 3.49. The Labute approximate surface area is 193 Å². The van der Waals surface area contributed by atoms with Gasteiger partial charge in [0.1, 0.15) is 17.5 Å². The highest BCUT2D eigenvalue weighted by atomic mass is 16.5. The number of hydrogen-bond donors (Lipinski definition) is 3. The molecule has 1 aromatic heterocycles. The van der Waals surface area contributed by atoms with Crippen molar-refractivity contribution in [3.8, 4) is 5.75 Å². The number of H-pyrrole nitrogens is 1. The molecule has 4 rings (SSSR count). The van der Waals surface area contributed by atoms with E-state index < -0.39 is 6.04 Å². The fourth-order valence-electron chi connectivity index (χ4n) is 4.89. The second kappa shape index (κ2) is 9.64. The van der Waals surface area contributed by atoms with Gasteiger partial charge < -0.3 is 25.3 Å². The van der Waals surface area contributed by atoms with E-state index in [9.17, 15) is 14.4 Å². The van der Waals surface area contributed by atoms with Crippen molar-refractivity contribution in [2.75, 3.05) is 27.2 Å². The van der Waals surface area contributed by atoms with Crippen molar-refractivity contribution in [2.45, 2.75) is 38.3 Å². The fraction of sp³-hybridized carbons (Fsp3) is 0.500. The minimum absolute atomic E-state index is 0.0132. The maximum Gasteiger partial charge on any atom is 0.270 e. The third-order valence-corrected chi connectivity index (χ3v) is 6.51. The van der Waals surface area contributed by atoms with Crippen molar-refractivity contribution in [2.24, 2.45) is 16.8 Å². The molecule has 3 amide bonds. The van der Waals surface area contributed by atoms with E-state index in [1.807, 2.05) is 25.1 Å². The largest absolute Gasteiger partial charge is 0.496 e. The Hall–Kier alpha value is -3.36. The number of amides is 3. The van der Waals surface area contributed by atoms with Crippen LogP contribution < -0.4 is 15.4 Å². The molecule has 2 fully saturated rings. The minimum Gasteiger partial charge on any atom is -0.496 e. The second-order valence-corrected chi connectivity index (χ2v) is 8.95. The van der Waals surface area contributed by atoms with Gasteiger partial charge in [0.05, 0.1) is 13.2 Å². The lowest BCUT2D eigenvalue weighted by Gasteiger charge is -2.26. The van der Waals surface area contributed by atoms with Gasteiger partial charge >= 0.3 is 0 Å². The monoisotopic (exact) mass is 453 g/mol. The summed E-state index contributed by atoms with van der Waals surface area (Å²) >= 11 is 0. The number of nitrogens with one attached hydrogen (secondary N) is 3. The molecule has 3 N–H and O–H groups in total. The molecule has 9 heteroatoms. The Morgan fingerprint density at radius 3 is 2.91 bits per heavy atom. The zero-order valence-corrected chi connectivity index (χ0v) is 19.3. The summed E-state index contributed by atoms with van der Waals surface area (Å²) in [7, 11) is 3.24. The van der Waals surface area contributed by atoms with Gasteiger partial charge in [0, 0.05) is 43.2 Å². The predicted octanol–water partition coefficient (Wildman–Crippen LogP) is 1.74. The van der Waals surface area contributed by atoms with Crippen molar-refractivity contribution in [3.63, 3.8) is 0 Å². The van der Waals surface area contributed by atoms with Crippen LogP contribution in [0.25, 0.3) is 10.9 Å². The van der Waals surface area contributed by atoms with Gasteiger partial charge in [-0.2, -0.15) is 0 Å². The molecule has 0 radical (unpaired) electrons. The number of aromatic amines is 1. The summed E-state index contributed by atoms with van der Waals surface area (Å²) in [5.74, 6) is 0.319. The van der Waals surface area contributed by atoms with Gasteiger partial charge in [0.25, 0.3) is 5.91 Å². The molecule has 3 heterocycles. The number of methoxy groups -OCH3 is 1. The number of rotatable bonds is 7. The van der Waals surface area contributed by atoms with E-state index >= 15 is 0 Å². The summed E-state index contributed by atoms with van der Waals surface area (Å²) in [5, 5.41) is 6.67. The zero-order chi connectivity index (χ0) is 23.5. The molecule has 0 aliphatic carbocycles. The predicted molar refractivity (Wildman–Crippen MR) is 126 cm³/mol. The second-order valence-electron chi connectivity index (χ2n) is 8.95. The van der Waals surface area contributed by atoms with Crippen LogP contribution in [0.5, 0.6) is 5.75 Å². The van der Waals surface area contributed by atoms with E-state index in [4.69, 9.17) is 4.74 Å². The first kappa shape index (κ1) is 22.8. The standard InChI is InChI=1S/C24H31N5O4/c1-14-9-20(23(31)27-16(12-25-2)10-15-7-8-26-22(15)30)29(13-14)24(32)19-11-17-18(28-19)5-4-6-21(17)33-3/h4-6,11-12,14-16,20,28H,7-10,13H2,1-3H3,(H,26,30)(H,27,31). The molecule has 2 aromatic rings. The van der Waals surface area contributed by atoms with Crippen molar-refractivity contribution in [1.82, 2.24) is 20.5 Å². The van der Waals surface area contributed by atoms with Crippen LogP contribution in [0.4, 0.5) is 0 Å². The summed E-state index contributed by atoms with van der Waals surface area (Å²) < 4.78 is 5.40. The summed E-state index contributed by atoms with van der Waals surface area (Å²) in [4.78, 5) is 47.5. The SMILES string of the molecule is CN=CC(CC1CCNC1=O)NC(=O)C1CC(C)CN1C(=O)c1cc2c(OC)cccc2[nH]1. The number of carbonyl (C=O) groups is 3. The van der Waals surface area contributed by atoms with E-state index in [0.717, 1.165) is 17.3 Å². The molecule has 2 aliphatic rings. The van der Waals surface area contributed by atoms with Gasteiger partial charge in [-0.05, 0) is 43.4 Å². The number of hydrogen-bond acceptors (Lipinski definition) is 5. The Kier molecular flexibility index (Phi) is 6.67. The topological polar surface area (TPSA) is 116 Å². The van der Waals surface area contributed by atoms with Crippen LogP contribution in [0, 0.1) is 11.8 Å². The number of aliphatic imine (C=N–C) groups is 1. The highest BCUT2D eigenvalue weighted by Gasteiger charge is 2.39. The molecule has 2 aliphatic heterocycles. The van der Waals surface area contributed by atoms with Crippen LogP contribution in [0.2, 0.25) is 0 Å². The van der Waals surface area contributed by atoms with Crippen LogP contribution in [-0.4, -0.2) is 73.2 Å². The zero-order valence-electron chi connectivity index (χ0n) is 19.3. The van der Waals surface area contributed by atoms with Gasteiger partial charge in [0.15, 0.2) is 0 Å². The first-order chi connectivity index (χ1) is 15.9. The maximum absolute atomic E-state index is 13.4. The molecule has 33 heavy (non-hydrogen) atoms. The normalized spacial score (nSPS) is 23.8. The number of ether oxygens (including phenoxy) is 1. The van der Waals surface area contributed by atoms with Crippen molar-refractivity contribution >= 4 is 34.8 Å². The number of aromatic nitrogens is 1. The minimum atomic E-state index is -0.578. The third kappa shape index (κ3) is 4.72. The summed E-state index contributed by atoms with van der Waals surface area (Å²) in [6, 6.07) is 6.44. The molecule has 1 aromatic carbocycles. The van der Waals surface area contributed by atoms with Crippen LogP contribution in [0.1, 0.15) is 36.7 Å². The van der Waals surface area contributed by atoms with Gasteiger partial charge in [0.2, 0.25) is 11.8 Å². The number of likely N-dealkylation sites (tertiary alicyclic amines) is 1. The molecule has 0 saturated carbocycles. The van der Waals surface area contributed by atoms with Gasteiger partial charge in [-0.15, -0.1) is 0 Å². The lowest BCUT2D eigenvalue weighted by Crippen LogP contribution is -2.50. The number of nitrogens with zero attached hydrogens (tertiary/aromatic N) is 2. The van der Waals surface area contributed by atoms with E-state index in [1.54, 1.807) is 31.3 Å². The highest BCUT2D eigenvalue weighted by Crippen LogP contribution is 2.29. The fourth-order valence-corrected chi connectivity index (χ4v) is 4.89. The van der Waals surface area contributed by atoms with Crippen molar-refractivity contribution in [1.29, 1.82) is 0 Å². The summed E-state index contributed by atoms with van der Waals surface area (Å²) in [5.41, 5.74) is 1.23. The van der Waals surface area contributed by atoms with E-state index in [0.29, 0.717) is 37.4 Å². The first-order valence-corrected chi connectivity index (χ1v) is 11.4. The number of fused-ring (bicyclic) bond motifs is 1. The lowest BCUT2D eigenvalue weighted by molar-refractivity contribution is -0.126. The highest BCUT2D eigenvalue weighted by molar-refractivity contribution is 6.02. The molecule has 0 spiro atoms. The number of carbonyl (C=O) groups excluding carboxylic acids is 3. The Morgan fingerprint density at radius 1 is 1.39 bits per heavy atom. The number of benzene rings is 1. The Morgan fingerprint density at radius 2 is 2.21 bits per heavy atom. The Bertz CT molecular complexity index is 1080. The van der Waals surface area contributed by atoms with E-state index in [1.165, 1.54) is 0 Å². The quantitative estimate of drug-likeness (QED) is 0.554. The van der Waals surface area contributed by atoms with E-state index in [-0.39, 0.29) is 35.6 Å². The first-order valence-electron chi connectivity index (χ1n) is 11.4.